The van der Waals surface area contributed by atoms with Gasteiger partial charge in [0, 0.05) is 6.42 Å². The van der Waals surface area contributed by atoms with Gasteiger partial charge in [-0.3, -0.25) is 9.59 Å². The quantitative estimate of drug-likeness (QED) is 0.0149. The molecule has 1 rings (SSSR count). The van der Waals surface area contributed by atoms with E-state index >= 15 is 0 Å². The number of unbranched alkanes of at least 4 members (excludes halogenated alkanes) is 30. The van der Waals surface area contributed by atoms with Gasteiger partial charge in [-0.2, -0.15) is 0 Å². The minimum Gasteiger partial charge on any atom is -0.454 e. The maximum absolute atomic E-state index is 13.4. The molecular weight excluding hydrogens is 967 g/mol. The zero-order chi connectivity index (χ0) is 56.1. The fraction of sp³-hybridized carbons (Fsp3) is 0.758. The number of aliphatic hydroxyl groups excluding tert-OH is 5. The van der Waals surface area contributed by atoms with Gasteiger partial charge >= 0.3 is 5.97 Å². The molecule has 8 unspecified atom stereocenters. The van der Waals surface area contributed by atoms with Crippen molar-refractivity contribution in [3.05, 3.63) is 85.1 Å². The molecule has 1 aliphatic rings. The number of hydrogen-bond donors (Lipinski definition) is 6. The summed E-state index contributed by atoms with van der Waals surface area (Å²) in [4.78, 5) is 26.5. The van der Waals surface area contributed by atoms with Gasteiger partial charge in [0.2, 0.25) is 5.91 Å². The van der Waals surface area contributed by atoms with Gasteiger partial charge in [-0.15, -0.1) is 0 Å². The largest absolute Gasteiger partial charge is 0.454 e. The van der Waals surface area contributed by atoms with Crippen molar-refractivity contribution in [2.24, 2.45) is 0 Å². The first-order valence-electron chi connectivity index (χ1n) is 31.4. The van der Waals surface area contributed by atoms with E-state index in [0.29, 0.717) is 12.8 Å². The van der Waals surface area contributed by atoms with E-state index in [2.05, 4.69) is 50.4 Å². The van der Waals surface area contributed by atoms with Gasteiger partial charge in [-0.05, 0) is 70.6 Å². The normalized spacial score (nSPS) is 19.6. The van der Waals surface area contributed by atoms with E-state index in [0.717, 1.165) is 64.2 Å². The summed E-state index contributed by atoms with van der Waals surface area (Å²) < 4.78 is 17.6. The fourth-order valence-electron chi connectivity index (χ4n) is 9.43. The number of nitrogens with one attached hydrogen (secondary N) is 1. The maximum atomic E-state index is 13.4. The van der Waals surface area contributed by atoms with Crippen LogP contribution in [0.1, 0.15) is 258 Å². The number of aliphatic hydroxyl groups is 5. The van der Waals surface area contributed by atoms with Gasteiger partial charge in [0.15, 0.2) is 12.4 Å². The lowest BCUT2D eigenvalue weighted by Crippen LogP contribution is -2.61. The lowest BCUT2D eigenvalue weighted by molar-refractivity contribution is -0.305. The van der Waals surface area contributed by atoms with Gasteiger partial charge in [-0.1, -0.05) is 266 Å². The molecule has 0 aromatic rings. The van der Waals surface area contributed by atoms with E-state index in [1.54, 1.807) is 6.08 Å². The van der Waals surface area contributed by atoms with E-state index in [9.17, 15) is 35.1 Å². The van der Waals surface area contributed by atoms with Crippen LogP contribution in [0.15, 0.2) is 85.1 Å². The predicted octanol–water partition coefficient (Wildman–Crippen LogP) is 14.9. The van der Waals surface area contributed by atoms with Crippen molar-refractivity contribution in [2.45, 2.75) is 307 Å². The zero-order valence-electron chi connectivity index (χ0n) is 49.1. The lowest BCUT2D eigenvalue weighted by atomic mass is 9.99. The molecule has 1 aliphatic heterocycles. The van der Waals surface area contributed by atoms with E-state index in [-0.39, 0.29) is 19.4 Å². The smallest absolute Gasteiger partial charge is 0.306 e. The van der Waals surface area contributed by atoms with Crippen LogP contribution in [0.4, 0.5) is 0 Å². The zero-order valence-corrected chi connectivity index (χ0v) is 49.1. The fourth-order valence-corrected chi connectivity index (χ4v) is 9.43. The molecule has 11 heteroatoms. The second-order valence-electron chi connectivity index (χ2n) is 21.5. The maximum Gasteiger partial charge on any atom is 0.306 e. The van der Waals surface area contributed by atoms with Crippen LogP contribution in [0.25, 0.3) is 0 Å². The van der Waals surface area contributed by atoms with Gasteiger partial charge in [0.25, 0.3) is 0 Å². The van der Waals surface area contributed by atoms with Crippen molar-refractivity contribution >= 4 is 11.9 Å². The standard InChI is InChI=1S/C66H115NO10/c1-4-7-10-13-16-19-22-25-27-28-29-30-31-33-35-38-41-44-47-50-53-59(70)65(74)67-57(58(69)52-49-46-43-40-37-34-24-21-18-15-12-9-6-3)56-75-66-64(63(73)62(72)60(55-68)76-66)77-61(71)54-51-48-45-42-39-36-32-26-23-20-17-14-11-8-5-2/h8,11,14,17,20,23,25-27,32,36,39,49,52,57-60,62-64,66,68-70,72-73H,4-7,9-10,12-13,15-16,18-19,21-22,24,28-31,33-35,37-38,40-48,50-51,53-56H2,1-3H3,(H,67,74)/b11-8+,17-14+,23-20-,27-25+,32-26-,39-36+,52-49+. The molecule has 1 saturated heterocycles. The van der Waals surface area contributed by atoms with Crippen molar-refractivity contribution in [2.75, 3.05) is 13.2 Å². The second kappa shape index (κ2) is 53.5. The monoisotopic (exact) mass is 1080 g/mol. The molecule has 1 fully saturated rings. The third-order valence-electron chi connectivity index (χ3n) is 14.4. The number of allylic oxidation sites excluding steroid dienone is 13. The van der Waals surface area contributed by atoms with Crippen LogP contribution in [0.2, 0.25) is 0 Å². The number of hydrogen-bond acceptors (Lipinski definition) is 10. The Morgan fingerprint density at radius 3 is 1.44 bits per heavy atom. The third kappa shape index (κ3) is 41.5. The summed E-state index contributed by atoms with van der Waals surface area (Å²) in [7, 11) is 0. The van der Waals surface area contributed by atoms with Crippen LogP contribution in [-0.2, 0) is 23.8 Å². The Hall–Kier alpha value is -3.16. The number of carbonyl (C=O) groups is 2. The highest BCUT2D eigenvalue weighted by Crippen LogP contribution is 2.26. The molecule has 6 N–H and O–H groups in total. The first-order valence-corrected chi connectivity index (χ1v) is 31.4. The van der Waals surface area contributed by atoms with E-state index in [1.807, 2.05) is 54.7 Å². The van der Waals surface area contributed by atoms with Crippen molar-refractivity contribution in [3.8, 4) is 0 Å². The molecule has 1 heterocycles. The summed E-state index contributed by atoms with van der Waals surface area (Å²) in [6, 6.07) is -1.04. The Balaban J connectivity index is 2.70. The molecule has 0 aromatic carbocycles. The minimum atomic E-state index is -1.63. The summed E-state index contributed by atoms with van der Waals surface area (Å²) in [5.41, 5.74) is 0. The average molecular weight is 1080 g/mol. The molecule has 1 amide bonds. The first kappa shape index (κ1) is 71.9. The van der Waals surface area contributed by atoms with Crippen molar-refractivity contribution in [1.82, 2.24) is 5.32 Å². The number of carbonyl (C=O) groups excluding carboxylic acids is 2. The minimum absolute atomic E-state index is 0.0713. The highest BCUT2D eigenvalue weighted by molar-refractivity contribution is 5.80. The van der Waals surface area contributed by atoms with Crippen LogP contribution >= 0.6 is 0 Å². The molecule has 77 heavy (non-hydrogen) atoms. The topological polar surface area (TPSA) is 175 Å². The summed E-state index contributed by atoms with van der Waals surface area (Å²) in [6.07, 6.45) is 59.1. The molecule has 0 saturated carbocycles. The molecule has 0 bridgehead atoms. The van der Waals surface area contributed by atoms with Gasteiger partial charge in [0.1, 0.15) is 24.4 Å². The molecule has 8 atom stereocenters. The Labute approximate surface area is 470 Å². The third-order valence-corrected chi connectivity index (χ3v) is 14.4. The summed E-state index contributed by atoms with van der Waals surface area (Å²) >= 11 is 0. The van der Waals surface area contributed by atoms with Crippen LogP contribution in [0.5, 0.6) is 0 Å². The Kier molecular flexibility index (Phi) is 49.9. The number of rotatable bonds is 52. The Morgan fingerprint density at radius 2 is 0.948 bits per heavy atom. The molecular formula is C66H115NO10. The SMILES string of the molecule is CC/C=C/C=C/C=C\C=C/C=C/CCCCCC(=O)OC1C(OCC(NC(=O)C(O)CCCCCCCCCCCC/C=C/CCCCCCCC)C(O)/C=C/CCCCCCCCCCCCC)OC(CO)C(O)C1O. The molecule has 11 nitrogen and oxygen atoms in total. The summed E-state index contributed by atoms with van der Waals surface area (Å²) in [5, 5.41) is 57.0. The van der Waals surface area contributed by atoms with E-state index in [4.69, 9.17) is 14.2 Å². The van der Waals surface area contributed by atoms with Crippen molar-refractivity contribution < 1.29 is 49.3 Å². The molecule has 0 spiro atoms. The Bertz CT molecular complexity index is 1570. The summed E-state index contributed by atoms with van der Waals surface area (Å²) in [5.74, 6) is -1.24. The predicted molar refractivity (Wildman–Crippen MR) is 319 cm³/mol. The van der Waals surface area contributed by atoms with Gasteiger partial charge in [0.05, 0.1) is 25.4 Å². The first-order chi connectivity index (χ1) is 37.7. The van der Waals surface area contributed by atoms with Gasteiger partial charge in [-0.25, -0.2) is 0 Å². The van der Waals surface area contributed by atoms with E-state index < -0.39 is 67.4 Å². The highest BCUT2D eigenvalue weighted by Gasteiger charge is 2.47. The number of esters is 1. The van der Waals surface area contributed by atoms with Crippen LogP contribution in [0.3, 0.4) is 0 Å². The van der Waals surface area contributed by atoms with Crippen molar-refractivity contribution in [1.29, 1.82) is 0 Å². The highest BCUT2D eigenvalue weighted by atomic mass is 16.7. The van der Waals surface area contributed by atoms with Crippen LogP contribution in [-0.4, -0.2) is 99.6 Å². The number of ether oxygens (including phenoxy) is 3. The van der Waals surface area contributed by atoms with E-state index in [1.165, 1.54) is 148 Å². The average Bonchev–Trinajstić information content (AvgIpc) is 3.43. The molecule has 0 aliphatic carbocycles. The molecule has 0 radical (unpaired) electrons. The second-order valence-corrected chi connectivity index (χ2v) is 21.5. The molecule has 0 aromatic heterocycles. The molecule has 444 valence electrons. The lowest BCUT2D eigenvalue weighted by Gasteiger charge is -2.41. The van der Waals surface area contributed by atoms with Crippen molar-refractivity contribution in [3.63, 3.8) is 0 Å². The van der Waals surface area contributed by atoms with Gasteiger partial charge < -0.3 is 45.1 Å². The van der Waals surface area contributed by atoms with Crippen LogP contribution in [0, 0.1) is 0 Å². The summed E-state index contributed by atoms with van der Waals surface area (Å²) in [6.45, 7) is 5.62. The van der Waals surface area contributed by atoms with Crippen LogP contribution < -0.4 is 5.32 Å². The Morgan fingerprint density at radius 1 is 0.519 bits per heavy atom. The number of amides is 1.